The van der Waals surface area contributed by atoms with Crippen LogP contribution in [0.25, 0.3) is 0 Å². The van der Waals surface area contributed by atoms with Gasteiger partial charge in [-0.15, -0.1) is 0 Å². The normalized spacial score (nSPS) is 10.3. The SMILES string of the molecule is O=C(COC(=O)CCc1ccc(F)cc1)Nc1c(F)cccc1F. The number of halogens is 3. The number of carbonyl (C=O) groups excluding carboxylic acids is 2. The summed E-state index contributed by atoms with van der Waals surface area (Å²) in [6.45, 7) is -0.657. The van der Waals surface area contributed by atoms with Crippen LogP contribution < -0.4 is 5.32 Å². The highest BCUT2D eigenvalue weighted by molar-refractivity contribution is 5.93. The van der Waals surface area contributed by atoms with Crippen molar-refractivity contribution in [3.8, 4) is 0 Å². The van der Waals surface area contributed by atoms with E-state index >= 15 is 0 Å². The summed E-state index contributed by atoms with van der Waals surface area (Å²) < 4.78 is 44.2. The molecule has 0 bridgehead atoms. The van der Waals surface area contributed by atoms with Crippen molar-refractivity contribution >= 4 is 17.6 Å². The molecule has 0 radical (unpaired) electrons. The first-order valence-electron chi connectivity index (χ1n) is 7.09. The van der Waals surface area contributed by atoms with Gasteiger partial charge in [-0.05, 0) is 36.2 Å². The molecule has 0 aliphatic carbocycles. The van der Waals surface area contributed by atoms with Crippen molar-refractivity contribution in [3.63, 3.8) is 0 Å². The molecule has 4 nitrogen and oxygen atoms in total. The number of ether oxygens (including phenoxy) is 1. The van der Waals surface area contributed by atoms with E-state index < -0.39 is 35.8 Å². The van der Waals surface area contributed by atoms with E-state index in [1.807, 2.05) is 5.32 Å². The Morgan fingerprint density at radius 1 is 0.958 bits per heavy atom. The van der Waals surface area contributed by atoms with Crippen LogP contribution in [0, 0.1) is 17.5 Å². The van der Waals surface area contributed by atoms with Gasteiger partial charge in [-0.3, -0.25) is 9.59 Å². The summed E-state index contributed by atoms with van der Waals surface area (Å²) in [5.41, 5.74) is 0.149. The predicted molar refractivity (Wildman–Crippen MR) is 80.7 cm³/mol. The van der Waals surface area contributed by atoms with Crippen LogP contribution in [-0.4, -0.2) is 18.5 Å². The number of amides is 1. The minimum atomic E-state index is -0.925. The molecule has 0 atom stereocenters. The van der Waals surface area contributed by atoms with Crippen LogP contribution in [0.2, 0.25) is 0 Å². The summed E-state index contributed by atoms with van der Waals surface area (Å²) in [7, 11) is 0. The van der Waals surface area contributed by atoms with Crippen LogP contribution in [0.4, 0.5) is 18.9 Å². The highest BCUT2D eigenvalue weighted by Crippen LogP contribution is 2.17. The van der Waals surface area contributed by atoms with Gasteiger partial charge in [0.05, 0.1) is 0 Å². The Morgan fingerprint density at radius 2 is 1.58 bits per heavy atom. The average molecular weight is 337 g/mol. The molecule has 0 saturated carbocycles. The third kappa shape index (κ3) is 5.12. The summed E-state index contributed by atoms with van der Waals surface area (Å²) in [5.74, 6) is -3.73. The number of aryl methyl sites for hydroxylation is 1. The standard InChI is InChI=1S/C17H14F3NO3/c18-12-7-4-11(5-8-12)6-9-16(23)24-10-15(22)21-17-13(19)2-1-3-14(17)20/h1-5,7-8H,6,9-10H2,(H,21,22). The number of nitrogens with one attached hydrogen (secondary N) is 1. The fourth-order valence-electron chi connectivity index (χ4n) is 1.91. The molecule has 0 unspecified atom stereocenters. The Labute approximate surface area is 136 Å². The van der Waals surface area contributed by atoms with Crippen molar-refractivity contribution in [1.82, 2.24) is 0 Å². The fraction of sp³-hybridized carbons (Fsp3) is 0.176. The van der Waals surface area contributed by atoms with Crippen LogP contribution in [-0.2, 0) is 20.7 Å². The van der Waals surface area contributed by atoms with Gasteiger partial charge >= 0.3 is 5.97 Å². The topological polar surface area (TPSA) is 55.4 Å². The molecule has 0 aromatic heterocycles. The zero-order chi connectivity index (χ0) is 17.5. The predicted octanol–water partition coefficient (Wildman–Crippen LogP) is 3.22. The van der Waals surface area contributed by atoms with Gasteiger partial charge in [-0.2, -0.15) is 0 Å². The lowest BCUT2D eigenvalue weighted by Gasteiger charge is -2.08. The van der Waals surface area contributed by atoms with Gasteiger partial charge < -0.3 is 10.1 Å². The van der Waals surface area contributed by atoms with E-state index in [2.05, 4.69) is 0 Å². The minimum absolute atomic E-state index is 0.00697. The minimum Gasteiger partial charge on any atom is -0.456 e. The Bertz CT molecular complexity index is 712. The Hall–Kier alpha value is -2.83. The number of carbonyl (C=O) groups is 2. The third-order valence-electron chi connectivity index (χ3n) is 3.12. The molecule has 0 aliphatic heterocycles. The van der Waals surface area contributed by atoms with E-state index in [4.69, 9.17) is 4.74 Å². The molecule has 0 heterocycles. The molecule has 0 aliphatic rings. The van der Waals surface area contributed by atoms with Crippen molar-refractivity contribution in [2.75, 3.05) is 11.9 Å². The summed E-state index contributed by atoms with van der Waals surface area (Å²) in [4.78, 5) is 23.1. The molecule has 0 fully saturated rings. The molecule has 126 valence electrons. The highest BCUT2D eigenvalue weighted by atomic mass is 19.1. The van der Waals surface area contributed by atoms with E-state index in [1.165, 1.54) is 24.3 Å². The summed E-state index contributed by atoms with van der Waals surface area (Å²) in [5, 5.41) is 2.01. The van der Waals surface area contributed by atoms with E-state index in [0.717, 1.165) is 23.8 Å². The highest BCUT2D eigenvalue weighted by Gasteiger charge is 2.13. The maximum atomic E-state index is 13.4. The number of anilines is 1. The lowest BCUT2D eigenvalue weighted by molar-refractivity contribution is -0.147. The van der Waals surface area contributed by atoms with Gasteiger partial charge in [-0.25, -0.2) is 13.2 Å². The number of hydrogen-bond acceptors (Lipinski definition) is 3. The second kappa shape index (κ2) is 8.14. The molecular weight excluding hydrogens is 323 g/mol. The van der Waals surface area contributed by atoms with Gasteiger partial charge in [0.2, 0.25) is 0 Å². The molecule has 2 aromatic carbocycles. The fourth-order valence-corrected chi connectivity index (χ4v) is 1.91. The number of benzene rings is 2. The van der Waals surface area contributed by atoms with Crippen LogP contribution >= 0.6 is 0 Å². The molecular formula is C17H14F3NO3. The van der Waals surface area contributed by atoms with E-state index in [0.29, 0.717) is 6.42 Å². The van der Waals surface area contributed by atoms with Crippen molar-refractivity contribution in [2.45, 2.75) is 12.8 Å². The Morgan fingerprint density at radius 3 is 2.21 bits per heavy atom. The van der Waals surface area contributed by atoms with Gasteiger partial charge in [-0.1, -0.05) is 18.2 Å². The molecule has 1 amide bonds. The first-order valence-corrected chi connectivity index (χ1v) is 7.09. The number of hydrogen-bond donors (Lipinski definition) is 1. The van der Waals surface area contributed by atoms with Crippen LogP contribution in [0.15, 0.2) is 42.5 Å². The maximum Gasteiger partial charge on any atom is 0.306 e. The van der Waals surface area contributed by atoms with Crippen LogP contribution in [0.3, 0.4) is 0 Å². The van der Waals surface area contributed by atoms with E-state index in [1.54, 1.807) is 0 Å². The molecule has 2 rings (SSSR count). The molecule has 1 N–H and O–H groups in total. The van der Waals surface area contributed by atoms with Crippen molar-refractivity contribution in [1.29, 1.82) is 0 Å². The average Bonchev–Trinajstić information content (AvgIpc) is 2.56. The van der Waals surface area contributed by atoms with Crippen LogP contribution in [0.1, 0.15) is 12.0 Å². The first kappa shape index (κ1) is 17.5. The van der Waals surface area contributed by atoms with Gasteiger partial charge in [0.1, 0.15) is 23.1 Å². The quantitative estimate of drug-likeness (QED) is 0.824. The van der Waals surface area contributed by atoms with E-state index in [9.17, 15) is 22.8 Å². The van der Waals surface area contributed by atoms with Gasteiger partial charge in [0, 0.05) is 6.42 Å². The summed E-state index contributed by atoms with van der Waals surface area (Å²) in [6.07, 6.45) is 0.315. The molecule has 0 spiro atoms. The molecule has 2 aromatic rings. The van der Waals surface area contributed by atoms with E-state index in [-0.39, 0.29) is 12.2 Å². The first-order chi connectivity index (χ1) is 11.5. The number of esters is 1. The second-order valence-electron chi connectivity index (χ2n) is 4.93. The molecule has 7 heteroatoms. The number of para-hydroxylation sites is 1. The molecule has 24 heavy (non-hydrogen) atoms. The summed E-state index contributed by atoms with van der Waals surface area (Å²) in [6, 6.07) is 8.78. The largest absolute Gasteiger partial charge is 0.456 e. The molecule has 0 saturated heterocycles. The summed E-state index contributed by atoms with van der Waals surface area (Å²) >= 11 is 0. The Balaban J connectivity index is 1.77. The van der Waals surface area contributed by atoms with Crippen molar-refractivity contribution in [3.05, 3.63) is 65.5 Å². The van der Waals surface area contributed by atoms with Crippen molar-refractivity contribution in [2.24, 2.45) is 0 Å². The van der Waals surface area contributed by atoms with Gasteiger partial charge in [0.25, 0.3) is 5.91 Å². The third-order valence-corrected chi connectivity index (χ3v) is 3.12. The Kier molecular flexibility index (Phi) is 5.95. The monoisotopic (exact) mass is 337 g/mol. The van der Waals surface area contributed by atoms with Crippen molar-refractivity contribution < 1.29 is 27.5 Å². The zero-order valence-corrected chi connectivity index (χ0v) is 12.5. The lowest BCUT2D eigenvalue weighted by Crippen LogP contribution is -2.22. The maximum absolute atomic E-state index is 13.4. The second-order valence-corrected chi connectivity index (χ2v) is 4.93. The van der Waals surface area contributed by atoms with Gasteiger partial charge in [0.15, 0.2) is 6.61 Å². The van der Waals surface area contributed by atoms with Crippen LogP contribution in [0.5, 0.6) is 0 Å². The number of rotatable bonds is 6. The lowest BCUT2D eigenvalue weighted by atomic mass is 10.1. The zero-order valence-electron chi connectivity index (χ0n) is 12.5. The smallest absolute Gasteiger partial charge is 0.306 e.